The summed E-state index contributed by atoms with van der Waals surface area (Å²) in [5, 5.41) is 9.39. The zero-order valence-electron chi connectivity index (χ0n) is 8.75. The van der Waals surface area contributed by atoms with Crippen LogP contribution in [0.5, 0.6) is 0 Å². The third kappa shape index (κ3) is 2.36. The van der Waals surface area contributed by atoms with Gasteiger partial charge in [-0.1, -0.05) is 0 Å². The minimum atomic E-state index is -0.146. The smallest absolute Gasteiger partial charge is 0.254 e. The van der Waals surface area contributed by atoms with Crippen LogP contribution in [0, 0.1) is 0 Å². The summed E-state index contributed by atoms with van der Waals surface area (Å²) in [7, 11) is 0. The van der Waals surface area contributed by atoms with E-state index in [1.807, 2.05) is 6.92 Å². The van der Waals surface area contributed by atoms with Crippen molar-refractivity contribution in [2.24, 2.45) is 0 Å². The Morgan fingerprint density at radius 1 is 1.60 bits per heavy atom. The Hall–Kier alpha value is -1.36. The number of ether oxygens (including phenoxy) is 1. The Morgan fingerprint density at radius 2 is 2.33 bits per heavy atom. The number of nitrogens with one attached hydrogen (secondary N) is 2. The first-order chi connectivity index (χ1) is 7.20. The SMILES string of the molecule is CC1(NC(=O)c2cn[nH]c2)CCOCC1. The number of rotatable bonds is 2. The van der Waals surface area contributed by atoms with Gasteiger partial charge in [-0.2, -0.15) is 5.10 Å². The maximum absolute atomic E-state index is 11.8. The summed E-state index contributed by atoms with van der Waals surface area (Å²) in [6, 6.07) is 0. The fourth-order valence-electron chi connectivity index (χ4n) is 1.67. The van der Waals surface area contributed by atoms with Crippen molar-refractivity contribution in [3.63, 3.8) is 0 Å². The summed E-state index contributed by atoms with van der Waals surface area (Å²) in [6.07, 6.45) is 4.84. The lowest BCUT2D eigenvalue weighted by molar-refractivity contribution is 0.0423. The number of carbonyl (C=O) groups excluding carboxylic acids is 1. The zero-order chi connectivity index (χ0) is 10.7. The Bertz CT molecular complexity index is 328. The third-order valence-electron chi connectivity index (χ3n) is 2.77. The molecule has 1 aliphatic heterocycles. The molecule has 2 rings (SSSR count). The van der Waals surface area contributed by atoms with Gasteiger partial charge in [0.1, 0.15) is 0 Å². The van der Waals surface area contributed by atoms with Crippen LogP contribution in [0.2, 0.25) is 0 Å². The summed E-state index contributed by atoms with van der Waals surface area (Å²) in [5.41, 5.74) is 0.426. The van der Waals surface area contributed by atoms with Gasteiger partial charge >= 0.3 is 0 Å². The summed E-state index contributed by atoms with van der Waals surface area (Å²) in [5.74, 6) is -0.0758. The van der Waals surface area contributed by atoms with Crippen LogP contribution >= 0.6 is 0 Å². The van der Waals surface area contributed by atoms with E-state index in [9.17, 15) is 4.79 Å². The predicted octanol–water partition coefficient (Wildman–Crippen LogP) is 0.709. The molecule has 1 fully saturated rings. The minimum Gasteiger partial charge on any atom is -0.381 e. The largest absolute Gasteiger partial charge is 0.381 e. The molecule has 0 aromatic carbocycles. The number of hydrogen-bond acceptors (Lipinski definition) is 3. The lowest BCUT2D eigenvalue weighted by Crippen LogP contribution is -2.49. The maximum atomic E-state index is 11.8. The number of aromatic nitrogens is 2. The third-order valence-corrected chi connectivity index (χ3v) is 2.77. The first-order valence-electron chi connectivity index (χ1n) is 5.09. The number of amides is 1. The molecule has 0 radical (unpaired) electrons. The summed E-state index contributed by atoms with van der Waals surface area (Å²) in [4.78, 5) is 11.8. The lowest BCUT2D eigenvalue weighted by atomic mass is 9.92. The van der Waals surface area contributed by atoms with Crippen LogP contribution in [0.3, 0.4) is 0 Å². The normalized spacial score (nSPS) is 19.8. The highest BCUT2D eigenvalue weighted by Gasteiger charge is 2.29. The minimum absolute atomic E-state index is 0.0758. The Labute approximate surface area is 88.2 Å². The topological polar surface area (TPSA) is 67.0 Å². The van der Waals surface area contributed by atoms with E-state index in [-0.39, 0.29) is 11.4 Å². The van der Waals surface area contributed by atoms with Crippen LogP contribution in [0.15, 0.2) is 12.4 Å². The van der Waals surface area contributed by atoms with Gasteiger partial charge in [-0.15, -0.1) is 0 Å². The fraction of sp³-hybridized carbons (Fsp3) is 0.600. The second-order valence-electron chi connectivity index (χ2n) is 4.11. The average Bonchev–Trinajstić information content (AvgIpc) is 2.70. The second kappa shape index (κ2) is 4.02. The molecule has 1 saturated heterocycles. The van der Waals surface area contributed by atoms with Gasteiger partial charge in [-0.3, -0.25) is 9.89 Å². The van der Waals surface area contributed by atoms with E-state index in [4.69, 9.17) is 4.74 Å². The molecule has 0 spiro atoms. The molecule has 82 valence electrons. The lowest BCUT2D eigenvalue weighted by Gasteiger charge is -2.34. The van der Waals surface area contributed by atoms with Crippen molar-refractivity contribution < 1.29 is 9.53 Å². The van der Waals surface area contributed by atoms with Gasteiger partial charge in [0.15, 0.2) is 0 Å². The summed E-state index contributed by atoms with van der Waals surface area (Å²) in [6.45, 7) is 3.47. The molecule has 15 heavy (non-hydrogen) atoms. The Morgan fingerprint density at radius 3 is 2.93 bits per heavy atom. The van der Waals surface area contributed by atoms with E-state index >= 15 is 0 Å². The van der Waals surface area contributed by atoms with Crippen LogP contribution in [0.4, 0.5) is 0 Å². The van der Waals surface area contributed by atoms with Crippen molar-refractivity contribution in [1.29, 1.82) is 0 Å². The molecule has 1 aliphatic rings. The molecule has 0 unspecified atom stereocenters. The highest BCUT2D eigenvalue weighted by molar-refractivity contribution is 5.94. The van der Waals surface area contributed by atoms with Gasteiger partial charge in [0.05, 0.1) is 11.8 Å². The van der Waals surface area contributed by atoms with Crippen molar-refractivity contribution in [1.82, 2.24) is 15.5 Å². The molecular formula is C10H15N3O2. The highest BCUT2D eigenvalue weighted by atomic mass is 16.5. The van der Waals surface area contributed by atoms with Gasteiger partial charge in [-0.25, -0.2) is 0 Å². The van der Waals surface area contributed by atoms with Crippen LogP contribution in [-0.2, 0) is 4.74 Å². The number of aromatic amines is 1. The average molecular weight is 209 g/mol. The van der Waals surface area contributed by atoms with E-state index in [2.05, 4.69) is 15.5 Å². The fourth-order valence-corrected chi connectivity index (χ4v) is 1.67. The molecule has 0 aliphatic carbocycles. The van der Waals surface area contributed by atoms with Crippen molar-refractivity contribution in [2.75, 3.05) is 13.2 Å². The molecular weight excluding hydrogens is 194 g/mol. The molecule has 2 N–H and O–H groups in total. The van der Waals surface area contributed by atoms with E-state index in [1.165, 1.54) is 6.20 Å². The summed E-state index contributed by atoms with van der Waals surface area (Å²) >= 11 is 0. The number of carbonyl (C=O) groups is 1. The van der Waals surface area contributed by atoms with Crippen LogP contribution in [0.1, 0.15) is 30.1 Å². The van der Waals surface area contributed by atoms with Crippen molar-refractivity contribution >= 4 is 5.91 Å². The molecule has 1 amide bonds. The van der Waals surface area contributed by atoms with Gasteiger partial charge in [0.2, 0.25) is 0 Å². The molecule has 5 heteroatoms. The summed E-state index contributed by atoms with van der Waals surface area (Å²) < 4.78 is 5.27. The van der Waals surface area contributed by atoms with Gasteiger partial charge in [0.25, 0.3) is 5.91 Å². The van der Waals surface area contributed by atoms with E-state index < -0.39 is 0 Å². The van der Waals surface area contributed by atoms with Gasteiger partial charge in [-0.05, 0) is 19.8 Å². The first kappa shape index (κ1) is 10.2. The molecule has 0 bridgehead atoms. The molecule has 0 saturated carbocycles. The van der Waals surface area contributed by atoms with Crippen LogP contribution in [0.25, 0.3) is 0 Å². The molecule has 0 atom stereocenters. The van der Waals surface area contributed by atoms with Crippen molar-refractivity contribution in [3.05, 3.63) is 18.0 Å². The maximum Gasteiger partial charge on any atom is 0.254 e. The highest BCUT2D eigenvalue weighted by Crippen LogP contribution is 2.20. The van der Waals surface area contributed by atoms with Gasteiger partial charge in [0, 0.05) is 24.9 Å². The standard InChI is InChI=1S/C10H15N3O2/c1-10(2-4-15-5-3-10)13-9(14)8-6-11-12-7-8/h6-7H,2-5H2,1H3,(H,11,12)(H,13,14). The number of H-pyrrole nitrogens is 1. The van der Waals surface area contributed by atoms with E-state index in [0.29, 0.717) is 18.8 Å². The van der Waals surface area contributed by atoms with Crippen molar-refractivity contribution in [3.8, 4) is 0 Å². The molecule has 1 aromatic heterocycles. The quantitative estimate of drug-likeness (QED) is 0.753. The predicted molar refractivity (Wildman–Crippen MR) is 54.5 cm³/mol. The molecule has 1 aromatic rings. The molecule has 5 nitrogen and oxygen atoms in total. The number of nitrogens with zero attached hydrogens (tertiary/aromatic N) is 1. The second-order valence-corrected chi connectivity index (χ2v) is 4.11. The Kier molecular flexibility index (Phi) is 2.73. The van der Waals surface area contributed by atoms with E-state index in [1.54, 1.807) is 6.20 Å². The molecule has 2 heterocycles. The zero-order valence-corrected chi connectivity index (χ0v) is 8.75. The first-order valence-corrected chi connectivity index (χ1v) is 5.09. The monoisotopic (exact) mass is 209 g/mol. The van der Waals surface area contributed by atoms with E-state index in [0.717, 1.165) is 12.8 Å². The Balaban J connectivity index is 1.98. The van der Waals surface area contributed by atoms with Crippen LogP contribution < -0.4 is 5.32 Å². The van der Waals surface area contributed by atoms with Crippen LogP contribution in [-0.4, -0.2) is 34.9 Å². The number of hydrogen-bond donors (Lipinski definition) is 2. The van der Waals surface area contributed by atoms with Crippen molar-refractivity contribution in [2.45, 2.75) is 25.3 Å². The van der Waals surface area contributed by atoms with Gasteiger partial charge < -0.3 is 10.1 Å².